The molecule has 0 unspecified atom stereocenters. The summed E-state index contributed by atoms with van der Waals surface area (Å²) < 4.78 is 2.94. The highest BCUT2D eigenvalue weighted by Crippen LogP contribution is 2.27. The number of ketones is 1. The van der Waals surface area contributed by atoms with E-state index < -0.39 is 0 Å². The minimum Gasteiger partial charge on any atom is -0.299 e. The van der Waals surface area contributed by atoms with Gasteiger partial charge in [-0.25, -0.2) is 0 Å². The monoisotopic (exact) mass is 344 g/mol. The SMILES string of the molecule is CCn1nc(C)c(Br)c1CC(=O)CC1CCSCC1. The van der Waals surface area contributed by atoms with E-state index in [4.69, 9.17) is 0 Å². The van der Waals surface area contributed by atoms with Crippen molar-refractivity contribution in [2.24, 2.45) is 5.92 Å². The molecule has 0 atom stereocenters. The van der Waals surface area contributed by atoms with Gasteiger partial charge in [-0.2, -0.15) is 16.9 Å². The second-order valence-electron chi connectivity index (χ2n) is 5.14. The van der Waals surface area contributed by atoms with Crippen molar-refractivity contribution in [3.8, 4) is 0 Å². The van der Waals surface area contributed by atoms with Gasteiger partial charge in [0.1, 0.15) is 5.78 Å². The third-order valence-corrected chi connectivity index (χ3v) is 5.75. The van der Waals surface area contributed by atoms with E-state index in [-0.39, 0.29) is 0 Å². The van der Waals surface area contributed by atoms with E-state index in [0.717, 1.165) is 28.8 Å². The number of hydrogen-bond acceptors (Lipinski definition) is 3. The molecule has 0 aromatic carbocycles. The van der Waals surface area contributed by atoms with Crippen LogP contribution in [-0.2, 0) is 17.8 Å². The predicted octanol–water partition coefficient (Wildman–Crippen LogP) is 3.62. The molecule has 0 spiro atoms. The number of aryl methyl sites for hydroxylation is 2. The molecule has 1 aromatic heterocycles. The number of carbonyl (C=O) groups excluding carboxylic acids is 1. The van der Waals surface area contributed by atoms with Crippen molar-refractivity contribution in [2.75, 3.05) is 11.5 Å². The summed E-state index contributed by atoms with van der Waals surface area (Å²) in [6.07, 6.45) is 3.65. The van der Waals surface area contributed by atoms with Gasteiger partial charge in [0.05, 0.1) is 15.9 Å². The molecule has 0 radical (unpaired) electrons. The molecule has 1 fully saturated rings. The van der Waals surface area contributed by atoms with Crippen molar-refractivity contribution in [3.05, 3.63) is 15.9 Å². The molecule has 1 saturated heterocycles. The summed E-state index contributed by atoms with van der Waals surface area (Å²) in [7, 11) is 0. The maximum Gasteiger partial charge on any atom is 0.139 e. The third-order valence-electron chi connectivity index (χ3n) is 3.67. The van der Waals surface area contributed by atoms with Gasteiger partial charge < -0.3 is 0 Å². The van der Waals surface area contributed by atoms with Crippen LogP contribution in [0.4, 0.5) is 0 Å². The number of carbonyl (C=O) groups is 1. The average molecular weight is 345 g/mol. The number of hydrogen-bond donors (Lipinski definition) is 0. The third kappa shape index (κ3) is 3.85. The molecular formula is C14H21BrN2OS. The van der Waals surface area contributed by atoms with Crippen LogP contribution in [-0.4, -0.2) is 27.1 Å². The van der Waals surface area contributed by atoms with Gasteiger partial charge in [0.2, 0.25) is 0 Å². The van der Waals surface area contributed by atoms with Crippen LogP contribution in [0.5, 0.6) is 0 Å². The van der Waals surface area contributed by atoms with E-state index in [1.54, 1.807) is 0 Å². The molecular weight excluding hydrogens is 324 g/mol. The molecule has 0 N–H and O–H groups in total. The molecule has 0 aliphatic carbocycles. The molecule has 1 aliphatic heterocycles. The predicted molar refractivity (Wildman–Crippen MR) is 83.7 cm³/mol. The summed E-state index contributed by atoms with van der Waals surface area (Å²) in [6, 6.07) is 0. The van der Waals surface area contributed by atoms with E-state index in [1.165, 1.54) is 24.3 Å². The highest BCUT2D eigenvalue weighted by Gasteiger charge is 2.20. The van der Waals surface area contributed by atoms with E-state index >= 15 is 0 Å². The molecule has 0 amide bonds. The quantitative estimate of drug-likeness (QED) is 0.818. The molecule has 2 rings (SSSR count). The number of rotatable bonds is 5. The Morgan fingerprint density at radius 1 is 1.47 bits per heavy atom. The lowest BCUT2D eigenvalue weighted by Gasteiger charge is -2.20. The number of aromatic nitrogens is 2. The van der Waals surface area contributed by atoms with Crippen LogP contribution in [0.15, 0.2) is 4.47 Å². The van der Waals surface area contributed by atoms with Crippen LogP contribution in [0.2, 0.25) is 0 Å². The molecule has 2 heterocycles. The molecule has 1 aromatic rings. The first kappa shape index (κ1) is 15.1. The van der Waals surface area contributed by atoms with Gasteiger partial charge in [-0.1, -0.05) is 0 Å². The maximum atomic E-state index is 12.2. The fraction of sp³-hybridized carbons (Fsp3) is 0.714. The Kier molecular flexibility index (Phi) is 5.51. The first-order chi connectivity index (χ1) is 9.11. The van der Waals surface area contributed by atoms with Gasteiger partial charge in [-0.05, 0) is 60.0 Å². The lowest BCUT2D eigenvalue weighted by atomic mass is 9.95. The normalized spacial score (nSPS) is 16.8. The number of halogens is 1. The lowest BCUT2D eigenvalue weighted by molar-refractivity contribution is -0.119. The van der Waals surface area contributed by atoms with Crippen LogP contribution in [0, 0.1) is 12.8 Å². The zero-order valence-corrected chi connectivity index (χ0v) is 14.0. The van der Waals surface area contributed by atoms with Crippen LogP contribution in [0.3, 0.4) is 0 Å². The van der Waals surface area contributed by atoms with Crippen LogP contribution < -0.4 is 0 Å². The average Bonchev–Trinajstić information content (AvgIpc) is 2.67. The molecule has 0 bridgehead atoms. The summed E-state index contributed by atoms with van der Waals surface area (Å²) in [5.41, 5.74) is 2.01. The Morgan fingerprint density at radius 2 is 2.16 bits per heavy atom. The fourth-order valence-corrected chi connectivity index (χ4v) is 4.20. The molecule has 19 heavy (non-hydrogen) atoms. The van der Waals surface area contributed by atoms with Gasteiger partial charge in [0.25, 0.3) is 0 Å². The Hall–Kier alpha value is -0.290. The Labute approximate surface area is 127 Å². The molecule has 0 saturated carbocycles. The van der Waals surface area contributed by atoms with Crippen LogP contribution in [0.1, 0.15) is 37.6 Å². The van der Waals surface area contributed by atoms with Gasteiger partial charge >= 0.3 is 0 Å². The van der Waals surface area contributed by atoms with Crippen molar-refractivity contribution >= 4 is 33.5 Å². The van der Waals surface area contributed by atoms with Crippen molar-refractivity contribution in [1.29, 1.82) is 0 Å². The fourth-order valence-electron chi connectivity index (χ4n) is 2.57. The second kappa shape index (κ2) is 6.93. The summed E-state index contributed by atoms with van der Waals surface area (Å²) >= 11 is 5.57. The number of thioether (sulfide) groups is 1. The first-order valence-electron chi connectivity index (χ1n) is 6.93. The van der Waals surface area contributed by atoms with E-state index in [0.29, 0.717) is 18.1 Å². The Bertz CT molecular complexity index is 453. The van der Waals surface area contributed by atoms with Crippen molar-refractivity contribution in [2.45, 2.75) is 46.1 Å². The minimum atomic E-state index is 0.354. The Morgan fingerprint density at radius 3 is 2.79 bits per heavy atom. The van der Waals surface area contributed by atoms with E-state index in [2.05, 4.69) is 28.0 Å². The topological polar surface area (TPSA) is 34.9 Å². The van der Waals surface area contributed by atoms with Gasteiger partial charge in [0.15, 0.2) is 0 Å². The van der Waals surface area contributed by atoms with Crippen LogP contribution in [0.25, 0.3) is 0 Å². The first-order valence-corrected chi connectivity index (χ1v) is 8.87. The van der Waals surface area contributed by atoms with Gasteiger partial charge in [-0.3, -0.25) is 9.48 Å². The second-order valence-corrected chi connectivity index (χ2v) is 7.15. The highest BCUT2D eigenvalue weighted by molar-refractivity contribution is 9.10. The van der Waals surface area contributed by atoms with Gasteiger partial charge in [0, 0.05) is 19.4 Å². The van der Waals surface area contributed by atoms with Crippen LogP contribution >= 0.6 is 27.7 Å². The van der Waals surface area contributed by atoms with Gasteiger partial charge in [-0.15, -0.1) is 0 Å². The molecule has 1 aliphatic rings. The lowest BCUT2D eigenvalue weighted by Crippen LogP contribution is -2.17. The summed E-state index contributed by atoms with van der Waals surface area (Å²) in [5, 5.41) is 4.44. The number of Topliss-reactive ketones (excluding diaryl/α,β-unsaturated/α-hetero) is 1. The Balaban J connectivity index is 1.98. The smallest absolute Gasteiger partial charge is 0.139 e. The van der Waals surface area contributed by atoms with E-state index in [1.807, 2.05) is 23.4 Å². The standard InChI is InChI=1S/C14H21BrN2OS/c1-3-17-13(14(15)10(2)16-17)9-12(18)8-11-4-6-19-7-5-11/h11H,3-9H2,1-2H3. The maximum absolute atomic E-state index is 12.2. The number of nitrogens with zero attached hydrogens (tertiary/aromatic N) is 2. The van der Waals surface area contributed by atoms with Crippen molar-refractivity contribution in [1.82, 2.24) is 9.78 Å². The highest BCUT2D eigenvalue weighted by atomic mass is 79.9. The molecule has 3 nitrogen and oxygen atoms in total. The van der Waals surface area contributed by atoms with E-state index in [9.17, 15) is 4.79 Å². The zero-order valence-electron chi connectivity index (χ0n) is 11.6. The zero-order chi connectivity index (χ0) is 13.8. The molecule has 106 valence electrons. The largest absolute Gasteiger partial charge is 0.299 e. The molecule has 5 heteroatoms. The van der Waals surface area contributed by atoms with Crippen molar-refractivity contribution < 1.29 is 4.79 Å². The summed E-state index contributed by atoms with van der Waals surface area (Å²) in [5.74, 6) is 3.39. The minimum absolute atomic E-state index is 0.354. The summed E-state index contributed by atoms with van der Waals surface area (Å²) in [6.45, 7) is 4.85. The van der Waals surface area contributed by atoms with Crippen molar-refractivity contribution in [3.63, 3.8) is 0 Å². The summed E-state index contributed by atoms with van der Waals surface area (Å²) in [4.78, 5) is 12.2.